The molecule has 3 N–H and O–H groups in total. The van der Waals surface area contributed by atoms with E-state index in [1.807, 2.05) is 36.4 Å². The molecule has 0 radical (unpaired) electrons. The highest BCUT2D eigenvalue weighted by Crippen LogP contribution is 2.11. The van der Waals surface area contributed by atoms with Gasteiger partial charge in [-0.2, -0.15) is 5.26 Å². The Kier molecular flexibility index (Phi) is 5.62. The molecule has 0 saturated heterocycles. The fraction of sp³-hybridized carbons (Fsp3) is 0.111. The van der Waals surface area contributed by atoms with Crippen LogP contribution in [-0.2, 0) is 11.3 Å². The fourth-order valence-corrected chi connectivity index (χ4v) is 1.79. The fourth-order valence-electron chi connectivity index (χ4n) is 1.79. The number of carbonyl (C=O) groups is 1. The number of nitrogen functional groups attached to an aromatic ring is 1. The molecule has 0 aliphatic rings. The molecule has 2 aromatic rings. The average molecular weight is 305 g/mol. The highest BCUT2D eigenvalue weighted by Gasteiger charge is 2.01. The van der Waals surface area contributed by atoms with E-state index < -0.39 is 6.09 Å². The molecule has 0 spiro atoms. The van der Waals surface area contributed by atoms with Gasteiger partial charge in [-0.05, 0) is 23.8 Å². The standard InChI is InChI=1S/C18H15N3O2/c19-12-16-8-9-17(20)11-15(16)7-4-10-21-18(22)23-13-14-5-2-1-3-6-14/h1-3,5-6,8-9,11H,10,13,20H2,(H,21,22). The molecule has 0 unspecified atom stereocenters. The predicted molar refractivity (Wildman–Crippen MR) is 87.1 cm³/mol. The molecule has 2 aromatic carbocycles. The summed E-state index contributed by atoms with van der Waals surface area (Å²) < 4.78 is 5.05. The predicted octanol–water partition coefficient (Wildman–Crippen LogP) is 2.42. The Morgan fingerprint density at radius 3 is 2.70 bits per heavy atom. The van der Waals surface area contributed by atoms with Crippen LogP contribution in [0.1, 0.15) is 16.7 Å². The number of amides is 1. The molecule has 0 aliphatic heterocycles. The van der Waals surface area contributed by atoms with Crippen molar-refractivity contribution < 1.29 is 9.53 Å². The number of rotatable bonds is 3. The Morgan fingerprint density at radius 1 is 1.17 bits per heavy atom. The maximum atomic E-state index is 11.5. The molecule has 0 saturated carbocycles. The minimum Gasteiger partial charge on any atom is -0.445 e. The van der Waals surface area contributed by atoms with Gasteiger partial charge in [0.05, 0.1) is 12.1 Å². The second-order valence-corrected chi connectivity index (χ2v) is 4.63. The largest absolute Gasteiger partial charge is 0.445 e. The number of nitrogens with two attached hydrogens (primary N) is 1. The van der Waals surface area contributed by atoms with Crippen LogP contribution in [0, 0.1) is 23.2 Å². The second kappa shape index (κ2) is 8.11. The summed E-state index contributed by atoms with van der Waals surface area (Å²) in [4.78, 5) is 11.5. The lowest BCUT2D eigenvalue weighted by molar-refractivity contribution is 0.141. The average Bonchev–Trinajstić information content (AvgIpc) is 2.58. The topological polar surface area (TPSA) is 88.1 Å². The maximum Gasteiger partial charge on any atom is 0.408 e. The Labute approximate surface area is 134 Å². The summed E-state index contributed by atoms with van der Waals surface area (Å²) in [5.41, 5.74) is 8.08. The van der Waals surface area contributed by atoms with E-state index >= 15 is 0 Å². The van der Waals surface area contributed by atoms with Crippen LogP contribution in [0.4, 0.5) is 10.5 Å². The molecule has 5 heteroatoms. The number of hydrogen-bond donors (Lipinski definition) is 2. The lowest BCUT2D eigenvalue weighted by Gasteiger charge is -2.04. The van der Waals surface area contributed by atoms with Crippen molar-refractivity contribution in [1.82, 2.24) is 5.32 Å². The molecule has 1 amide bonds. The molecule has 5 nitrogen and oxygen atoms in total. The van der Waals surface area contributed by atoms with Gasteiger partial charge in [0.1, 0.15) is 12.7 Å². The van der Waals surface area contributed by atoms with Crippen LogP contribution in [0.15, 0.2) is 48.5 Å². The van der Waals surface area contributed by atoms with Crippen molar-refractivity contribution in [3.05, 3.63) is 65.2 Å². The van der Waals surface area contributed by atoms with Crippen LogP contribution in [0.3, 0.4) is 0 Å². The van der Waals surface area contributed by atoms with Gasteiger partial charge in [0.25, 0.3) is 0 Å². The molecule has 2 rings (SSSR count). The van der Waals surface area contributed by atoms with E-state index in [-0.39, 0.29) is 13.2 Å². The molecular weight excluding hydrogens is 290 g/mol. The molecule has 0 aliphatic carbocycles. The van der Waals surface area contributed by atoms with Crippen molar-refractivity contribution >= 4 is 11.8 Å². The summed E-state index contributed by atoms with van der Waals surface area (Å²) in [7, 11) is 0. The van der Waals surface area contributed by atoms with E-state index in [9.17, 15) is 4.79 Å². The lowest BCUT2D eigenvalue weighted by Crippen LogP contribution is -2.24. The molecule has 114 valence electrons. The van der Waals surface area contributed by atoms with Gasteiger partial charge in [-0.15, -0.1) is 0 Å². The number of alkyl carbamates (subject to hydrolysis) is 1. The van der Waals surface area contributed by atoms with Crippen molar-refractivity contribution in [2.45, 2.75) is 6.61 Å². The molecular formula is C18H15N3O2. The minimum absolute atomic E-state index is 0.118. The van der Waals surface area contributed by atoms with Gasteiger partial charge >= 0.3 is 6.09 Å². The van der Waals surface area contributed by atoms with Gasteiger partial charge in [0.2, 0.25) is 0 Å². The highest BCUT2D eigenvalue weighted by atomic mass is 16.5. The molecule has 0 atom stereocenters. The van der Waals surface area contributed by atoms with Crippen molar-refractivity contribution in [1.29, 1.82) is 5.26 Å². The molecule has 0 bridgehead atoms. The van der Waals surface area contributed by atoms with Crippen molar-refractivity contribution in [3.63, 3.8) is 0 Å². The molecule has 0 fully saturated rings. The van der Waals surface area contributed by atoms with Crippen LogP contribution >= 0.6 is 0 Å². The summed E-state index contributed by atoms with van der Waals surface area (Å²) in [5.74, 6) is 5.58. The summed E-state index contributed by atoms with van der Waals surface area (Å²) in [6.45, 7) is 0.321. The molecule has 0 heterocycles. The zero-order chi connectivity index (χ0) is 16.5. The first-order valence-corrected chi connectivity index (χ1v) is 6.92. The summed E-state index contributed by atoms with van der Waals surface area (Å²) >= 11 is 0. The first-order chi connectivity index (χ1) is 11.2. The van der Waals surface area contributed by atoms with Gasteiger partial charge in [-0.1, -0.05) is 42.2 Å². The Bertz CT molecular complexity index is 783. The highest BCUT2D eigenvalue weighted by molar-refractivity contribution is 5.67. The van der Waals surface area contributed by atoms with E-state index in [2.05, 4.69) is 17.2 Å². The zero-order valence-electron chi connectivity index (χ0n) is 12.4. The van der Waals surface area contributed by atoms with E-state index in [1.54, 1.807) is 18.2 Å². The molecule has 23 heavy (non-hydrogen) atoms. The van der Waals surface area contributed by atoms with Gasteiger partial charge in [0.15, 0.2) is 0 Å². The number of benzene rings is 2. The third kappa shape index (κ3) is 5.11. The van der Waals surface area contributed by atoms with Gasteiger partial charge in [-0.25, -0.2) is 4.79 Å². The Balaban J connectivity index is 1.83. The van der Waals surface area contributed by atoms with Gasteiger partial charge in [-0.3, -0.25) is 0 Å². The smallest absolute Gasteiger partial charge is 0.408 e. The van der Waals surface area contributed by atoms with E-state index in [0.29, 0.717) is 16.8 Å². The number of nitrogens with zero attached hydrogens (tertiary/aromatic N) is 1. The third-order valence-corrected chi connectivity index (χ3v) is 2.92. The van der Waals surface area contributed by atoms with Crippen LogP contribution < -0.4 is 11.1 Å². The summed E-state index contributed by atoms with van der Waals surface area (Å²) in [6.07, 6.45) is -0.545. The normalized spacial score (nSPS) is 9.17. The quantitative estimate of drug-likeness (QED) is 0.673. The Morgan fingerprint density at radius 2 is 1.96 bits per heavy atom. The van der Waals surface area contributed by atoms with Crippen LogP contribution in [-0.4, -0.2) is 12.6 Å². The van der Waals surface area contributed by atoms with Crippen molar-refractivity contribution in [2.24, 2.45) is 0 Å². The number of anilines is 1. The lowest BCUT2D eigenvalue weighted by atomic mass is 10.1. The minimum atomic E-state index is -0.545. The summed E-state index contributed by atoms with van der Waals surface area (Å²) in [5, 5.41) is 11.5. The SMILES string of the molecule is N#Cc1ccc(N)cc1C#CCNC(=O)OCc1ccccc1. The number of carbonyl (C=O) groups excluding carboxylic acids is 1. The molecule has 0 aromatic heterocycles. The van der Waals surface area contributed by atoms with Crippen LogP contribution in [0.5, 0.6) is 0 Å². The summed E-state index contributed by atoms with van der Waals surface area (Å²) in [6, 6.07) is 16.3. The first-order valence-electron chi connectivity index (χ1n) is 6.92. The van der Waals surface area contributed by atoms with Crippen molar-refractivity contribution in [2.75, 3.05) is 12.3 Å². The van der Waals surface area contributed by atoms with Gasteiger partial charge < -0.3 is 15.8 Å². The first kappa shape index (κ1) is 15.9. The monoisotopic (exact) mass is 305 g/mol. The van der Waals surface area contributed by atoms with Gasteiger partial charge in [0, 0.05) is 11.3 Å². The van der Waals surface area contributed by atoms with Crippen LogP contribution in [0.25, 0.3) is 0 Å². The third-order valence-electron chi connectivity index (χ3n) is 2.92. The van der Waals surface area contributed by atoms with E-state index in [4.69, 9.17) is 15.7 Å². The zero-order valence-corrected chi connectivity index (χ0v) is 12.4. The Hall–Kier alpha value is -3.44. The van der Waals surface area contributed by atoms with E-state index in [0.717, 1.165) is 5.56 Å². The number of nitriles is 1. The van der Waals surface area contributed by atoms with Crippen LogP contribution in [0.2, 0.25) is 0 Å². The second-order valence-electron chi connectivity index (χ2n) is 4.63. The number of nitrogens with one attached hydrogen (secondary N) is 1. The maximum absolute atomic E-state index is 11.5. The number of ether oxygens (including phenoxy) is 1. The van der Waals surface area contributed by atoms with E-state index in [1.165, 1.54) is 0 Å². The van der Waals surface area contributed by atoms with Crippen molar-refractivity contribution in [3.8, 4) is 17.9 Å². The number of hydrogen-bond acceptors (Lipinski definition) is 4.